The van der Waals surface area contributed by atoms with Crippen molar-refractivity contribution in [1.82, 2.24) is 0 Å². The van der Waals surface area contributed by atoms with Gasteiger partial charge in [-0.25, -0.2) is 0 Å². The van der Waals surface area contributed by atoms with Crippen molar-refractivity contribution in [2.75, 3.05) is 0 Å². The first-order valence-corrected chi connectivity index (χ1v) is 16.9. The number of allylic oxidation sites excluding steroid dienone is 5. The summed E-state index contributed by atoms with van der Waals surface area (Å²) in [4.78, 5) is 0. The highest BCUT2D eigenvalue weighted by Gasteiger charge is 2.50. The van der Waals surface area contributed by atoms with E-state index in [9.17, 15) is 0 Å². The van der Waals surface area contributed by atoms with Crippen molar-refractivity contribution >= 4 is 9.04 Å². The minimum absolute atomic E-state index is 0.0525. The fraction of sp³-hybridized carbons (Fsp3) is 0.818. The third kappa shape index (κ3) is 7.04. The third-order valence-corrected chi connectivity index (χ3v) is 12.7. The highest BCUT2D eigenvalue weighted by molar-refractivity contribution is 6.51. The van der Waals surface area contributed by atoms with E-state index >= 15 is 0 Å². The van der Waals surface area contributed by atoms with Crippen LogP contribution >= 0.6 is 0 Å². The lowest BCUT2D eigenvalue weighted by atomic mass is 9.60. The molecule has 0 aromatic heterocycles. The molecule has 0 heterocycles. The Morgan fingerprint density at radius 1 is 1.11 bits per heavy atom. The molecule has 2 unspecified atom stereocenters. The van der Waals surface area contributed by atoms with Gasteiger partial charge in [0.25, 0.3) is 0 Å². The molecule has 0 spiro atoms. The highest BCUT2D eigenvalue weighted by Crippen LogP contribution is 2.60. The maximum Gasteiger partial charge on any atom is 0.211 e. The Morgan fingerprint density at radius 3 is 2.40 bits per heavy atom. The first kappa shape index (κ1) is 29.0. The van der Waals surface area contributed by atoms with E-state index in [0.717, 1.165) is 17.8 Å². The van der Waals surface area contributed by atoms with E-state index in [2.05, 4.69) is 74.1 Å². The van der Waals surface area contributed by atoms with Gasteiger partial charge in [-0.15, -0.1) is 0 Å². The lowest BCUT2D eigenvalue weighted by Crippen LogP contribution is -2.36. The van der Waals surface area contributed by atoms with Crippen LogP contribution in [-0.2, 0) is 4.43 Å². The van der Waals surface area contributed by atoms with Crippen LogP contribution in [0.5, 0.6) is 0 Å². The third-order valence-electron chi connectivity index (χ3n) is 10.3. The average molecular weight is 498 g/mol. The molecule has 6 atom stereocenters. The molecular weight excluding hydrogens is 440 g/mol. The van der Waals surface area contributed by atoms with Crippen molar-refractivity contribution in [2.45, 2.75) is 137 Å². The van der Waals surface area contributed by atoms with Gasteiger partial charge < -0.3 is 4.43 Å². The standard InChI is InChI=1S/C33H57OSi/c1-10-35(11-2)34-32(7,8)20-12-14-24(3)30-18-19-31-29(15-13-21-33(30,31)9)17-16-28-22-25(4)27(6)26(5)23-28/h16-17,24-26,30-31H,6,10-15,18-23H2,1-5,7-9H3/b29-17+/t24-,25-,26-,30?,31?,33-/m1/s1. The second kappa shape index (κ2) is 12.3. The van der Waals surface area contributed by atoms with Crippen LogP contribution in [-0.4, -0.2) is 14.6 Å². The normalized spacial score (nSPS) is 33.9. The van der Waals surface area contributed by atoms with Crippen molar-refractivity contribution in [3.63, 3.8) is 0 Å². The van der Waals surface area contributed by atoms with Gasteiger partial charge in [0.05, 0.1) is 5.60 Å². The summed E-state index contributed by atoms with van der Waals surface area (Å²) in [5, 5.41) is 0. The summed E-state index contributed by atoms with van der Waals surface area (Å²) in [5.41, 5.74) is 5.45. The Balaban J connectivity index is 1.60. The molecule has 3 rings (SSSR count). The summed E-state index contributed by atoms with van der Waals surface area (Å²) in [6.07, 6.45) is 18.4. The van der Waals surface area contributed by atoms with Gasteiger partial charge >= 0.3 is 0 Å². The molecule has 3 saturated carbocycles. The molecule has 0 aromatic carbocycles. The molecule has 2 heteroatoms. The zero-order valence-corrected chi connectivity index (χ0v) is 25.6. The Hall–Kier alpha value is -0.603. The zero-order valence-electron chi connectivity index (χ0n) is 24.6. The summed E-state index contributed by atoms with van der Waals surface area (Å²) >= 11 is 0. The average Bonchev–Trinajstić information content (AvgIpc) is 3.16. The van der Waals surface area contributed by atoms with Gasteiger partial charge in [0.2, 0.25) is 9.04 Å². The minimum atomic E-state index is -0.614. The molecule has 0 bridgehead atoms. The second-order valence-corrected chi connectivity index (χ2v) is 16.1. The van der Waals surface area contributed by atoms with E-state index < -0.39 is 9.04 Å². The van der Waals surface area contributed by atoms with E-state index in [4.69, 9.17) is 4.43 Å². The smallest absolute Gasteiger partial charge is 0.211 e. The molecule has 0 aliphatic heterocycles. The van der Waals surface area contributed by atoms with Crippen LogP contribution in [0.25, 0.3) is 0 Å². The molecular formula is C33H57OSi. The van der Waals surface area contributed by atoms with Crippen molar-refractivity contribution in [2.24, 2.45) is 35.0 Å². The van der Waals surface area contributed by atoms with E-state index in [1.54, 1.807) is 11.1 Å². The molecule has 35 heavy (non-hydrogen) atoms. The number of hydrogen-bond donors (Lipinski definition) is 0. The Kier molecular flexibility index (Phi) is 10.2. The van der Waals surface area contributed by atoms with E-state index in [0.29, 0.717) is 17.3 Å². The molecule has 1 nitrogen and oxygen atoms in total. The second-order valence-electron chi connectivity index (χ2n) is 13.4. The van der Waals surface area contributed by atoms with Gasteiger partial charge in [-0.2, -0.15) is 0 Å². The van der Waals surface area contributed by atoms with Crippen LogP contribution in [0.4, 0.5) is 0 Å². The summed E-state index contributed by atoms with van der Waals surface area (Å²) in [6.45, 7) is 23.5. The van der Waals surface area contributed by atoms with Crippen LogP contribution < -0.4 is 0 Å². The monoisotopic (exact) mass is 497 g/mol. The molecule has 0 saturated heterocycles. The van der Waals surface area contributed by atoms with E-state index in [1.807, 2.05) is 0 Å². The lowest BCUT2D eigenvalue weighted by Gasteiger charge is -2.44. The van der Waals surface area contributed by atoms with Crippen molar-refractivity contribution in [3.8, 4) is 0 Å². The summed E-state index contributed by atoms with van der Waals surface area (Å²) in [5.74, 6) is 3.81. The number of rotatable bonds is 10. The predicted molar refractivity (Wildman–Crippen MR) is 156 cm³/mol. The van der Waals surface area contributed by atoms with E-state index in [-0.39, 0.29) is 5.60 Å². The Bertz CT molecular complexity index is 756. The Labute approximate surface area is 221 Å². The maximum absolute atomic E-state index is 6.54. The van der Waals surface area contributed by atoms with Crippen LogP contribution in [0.3, 0.4) is 0 Å². The number of hydrogen-bond acceptors (Lipinski definition) is 1. The fourth-order valence-electron chi connectivity index (χ4n) is 8.08. The van der Waals surface area contributed by atoms with Gasteiger partial charge in [0, 0.05) is 0 Å². The van der Waals surface area contributed by atoms with Gasteiger partial charge in [0.15, 0.2) is 0 Å². The summed E-state index contributed by atoms with van der Waals surface area (Å²) in [6, 6.07) is 2.45. The van der Waals surface area contributed by atoms with Crippen LogP contribution in [0.15, 0.2) is 35.5 Å². The SMILES string of the molecule is C=C1[C@H](C)CC(=C/C=C2\CCC[C@@]3(C)C2CCC3[C@H](C)CCCC(C)(C)O[Si](CC)CC)C[C@H]1C. The van der Waals surface area contributed by atoms with Gasteiger partial charge in [0.1, 0.15) is 0 Å². The van der Waals surface area contributed by atoms with Crippen LogP contribution in [0.2, 0.25) is 12.1 Å². The van der Waals surface area contributed by atoms with E-state index in [1.165, 1.54) is 81.9 Å². The molecule has 0 amide bonds. The summed E-state index contributed by atoms with van der Waals surface area (Å²) < 4.78 is 6.54. The molecule has 3 aliphatic rings. The highest BCUT2D eigenvalue weighted by atomic mass is 28.3. The zero-order chi connectivity index (χ0) is 25.8. The largest absolute Gasteiger partial charge is 0.412 e. The quantitative estimate of drug-likeness (QED) is 0.215. The lowest BCUT2D eigenvalue weighted by molar-refractivity contribution is 0.0761. The molecule has 199 valence electrons. The van der Waals surface area contributed by atoms with Gasteiger partial charge in [-0.1, -0.05) is 89.8 Å². The van der Waals surface area contributed by atoms with Gasteiger partial charge in [-0.3, -0.25) is 0 Å². The predicted octanol–water partition coefficient (Wildman–Crippen LogP) is 10.3. The topological polar surface area (TPSA) is 9.23 Å². The Morgan fingerprint density at radius 2 is 1.77 bits per heavy atom. The molecule has 0 aromatic rings. The molecule has 3 aliphatic carbocycles. The van der Waals surface area contributed by atoms with Crippen molar-refractivity contribution in [3.05, 3.63) is 35.5 Å². The van der Waals surface area contributed by atoms with Crippen LogP contribution in [0, 0.1) is 35.0 Å². The summed E-state index contributed by atoms with van der Waals surface area (Å²) in [7, 11) is -0.614. The first-order valence-electron chi connectivity index (χ1n) is 15.1. The minimum Gasteiger partial charge on any atom is -0.412 e. The molecule has 3 fully saturated rings. The fourth-order valence-corrected chi connectivity index (χ4v) is 9.75. The number of fused-ring (bicyclic) bond motifs is 1. The maximum atomic E-state index is 6.54. The van der Waals surface area contributed by atoms with Crippen molar-refractivity contribution < 1.29 is 4.43 Å². The van der Waals surface area contributed by atoms with Gasteiger partial charge in [-0.05, 0) is 112 Å². The first-order chi connectivity index (χ1) is 16.5. The molecule has 0 N–H and O–H groups in total. The molecule has 1 radical (unpaired) electrons. The van der Waals surface area contributed by atoms with Crippen molar-refractivity contribution in [1.29, 1.82) is 0 Å². The van der Waals surface area contributed by atoms with Crippen LogP contribution in [0.1, 0.15) is 120 Å².